The van der Waals surface area contributed by atoms with Crippen molar-refractivity contribution in [1.29, 1.82) is 0 Å². The minimum Gasteiger partial charge on any atom is -0.399 e. The van der Waals surface area contributed by atoms with Crippen LogP contribution in [0.4, 0.5) is 0 Å². The van der Waals surface area contributed by atoms with Crippen LogP contribution in [0.25, 0.3) is 0 Å². The molecule has 23 heavy (non-hydrogen) atoms. The average Bonchev–Trinajstić information content (AvgIpc) is 2.68. The second-order valence-electron chi connectivity index (χ2n) is 7.26. The number of rotatable bonds is 2. The van der Waals surface area contributed by atoms with Gasteiger partial charge in [-0.05, 0) is 58.1 Å². The Balaban J connectivity index is 2.04. The Morgan fingerprint density at radius 3 is 2.39 bits per heavy atom. The van der Waals surface area contributed by atoms with Crippen molar-refractivity contribution in [3.8, 4) is 0 Å². The molecule has 1 aromatic carbocycles. The summed E-state index contributed by atoms with van der Waals surface area (Å²) in [5, 5.41) is 1.64. The summed E-state index contributed by atoms with van der Waals surface area (Å²) in [6.45, 7) is 10.8. The predicted molar refractivity (Wildman–Crippen MR) is 98.8 cm³/mol. The predicted octanol–water partition coefficient (Wildman–Crippen LogP) is 2.15. The van der Waals surface area contributed by atoms with Crippen molar-refractivity contribution in [2.24, 2.45) is 0 Å². The standard InChI is InChI=1S/C16H22BIN2O3/c1-10-8-12-11(6-7-20(19-18)14(12)21)13(9-10)17-22-15(2,3)16(4,5)23-17/h8-9,19H,6-7H2,1-5H3. The van der Waals surface area contributed by atoms with Crippen LogP contribution >= 0.6 is 22.9 Å². The molecule has 0 spiro atoms. The van der Waals surface area contributed by atoms with E-state index in [1.54, 1.807) is 5.01 Å². The third-order valence-electron chi connectivity index (χ3n) is 5.10. The molecule has 3 rings (SSSR count). The number of halogens is 1. The third-order valence-corrected chi connectivity index (χ3v) is 5.68. The van der Waals surface area contributed by atoms with Gasteiger partial charge in [-0.1, -0.05) is 11.6 Å². The molecule has 7 heteroatoms. The molecule has 0 radical (unpaired) electrons. The number of carbonyl (C=O) groups is 1. The van der Waals surface area contributed by atoms with E-state index in [1.807, 2.05) is 63.5 Å². The van der Waals surface area contributed by atoms with E-state index in [9.17, 15) is 4.79 Å². The van der Waals surface area contributed by atoms with Gasteiger partial charge in [-0.25, -0.2) is 0 Å². The molecule has 0 unspecified atom stereocenters. The zero-order valence-corrected chi connectivity index (χ0v) is 16.4. The second kappa shape index (κ2) is 5.72. The molecule has 1 saturated heterocycles. The quantitative estimate of drug-likeness (QED) is 0.446. The van der Waals surface area contributed by atoms with Crippen molar-refractivity contribution in [3.63, 3.8) is 0 Å². The van der Waals surface area contributed by atoms with Gasteiger partial charge in [-0.15, -0.1) is 0 Å². The molecule has 124 valence electrons. The molecule has 2 aliphatic rings. The first-order chi connectivity index (χ1) is 10.7. The molecule has 1 amide bonds. The molecular formula is C16H22BIN2O3. The third kappa shape index (κ3) is 2.81. The van der Waals surface area contributed by atoms with E-state index in [0.29, 0.717) is 6.54 Å². The first-order valence-electron chi connectivity index (χ1n) is 7.83. The average molecular weight is 428 g/mol. The number of hydrogen-bond donors (Lipinski definition) is 1. The molecule has 0 aliphatic carbocycles. The van der Waals surface area contributed by atoms with Gasteiger partial charge in [-0.3, -0.25) is 9.80 Å². The van der Waals surface area contributed by atoms with E-state index in [-0.39, 0.29) is 17.1 Å². The Labute approximate surface area is 151 Å². The molecule has 1 N–H and O–H groups in total. The number of hydrazine groups is 1. The van der Waals surface area contributed by atoms with Crippen molar-refractivity contribution < 1.29 is 14.1 Å². The van der Waals surface area contributed by atoms with Gasteiger partial charge in [0.2, 0.25) is 0 Å². The van der Waals surface area contributed by atoms with E-state index < -0.39 is 7.12 Å². The summed E-state index contributed by atoms with van der Waals surface area (Å²) in [5.74, 6) is 0.00196. The number of fused-ring (bicyclic) bond motifs is 1. The molecule has 0 saturated carbocycles. The van der Waals surface area contributed by atoms with Crippen LogP contribution in [0.3, 0.4) is 0 Å². The topological polar surface area (TPSA) is 50.8 Å². The van der Waals surface area contributed by atoms with Gasteiger partial charge in [0.15, 0.2) is 0 Å². The van der Waals surface area contributed by atoms with Gasteiger partial charge in [0.05, 0.1) is 11.2 Å². The van der Waals surface area contributed by atoms with Crippen LogP contribution in [-0.2, 0) is 15.7 Å². The largest absolute Gasteiger partial charge is 0.495 e. The van der Waals surface area contributed by atoms with Crippen molar-refractivity contribution in [1.82, 2.24) is 8.65 Å². The number of aryl methyl sites for hydroxylation is 1. The first-order valence-corrected chi connectivity index (χ1v) is 8.91. The molecule has 2 heterocycles. The lowest BCUT2D eigenvalue weighted by Gasteiger charge is -2.32. The van der Waals surface area contributed by atoms with Gasteiger partial charge in [0, 0.05) is 35.0 Å². The Hall–Kier alpha value is -0.635. The number of hydrogen-bond acceptors (Lipinski definition) is 4. The maximum absolute atomic E-state index is 12.6. The highest BCUT2D eigenvalue weighted by molar-refractivity contribution is 14.1. The van der Waals surface area contributed by atoms with Crippen molar-refractivity contribution >= 4 is 41.4 Å². The molecule has 5 nitrogen and oxygen atoms in total. The van der Waals surface area contributed by atoms with E-state index in [1.165, 1.54) is 0 Å². The fraction of sp³-hybridized carbons (Fsp3) is 0.562. The normalized spacial score (nSPS) is 22.4. The van der Waals surface area contributed by atoms with E-state index in [2.05, 4.69) is 9.71 Å². The van der Waals surface area contributed by atoms with Crippen molar-refractivity contribution in [2.75, 3.05) is 6.54 Å². The molecule has 1 aromatic rings. The zero-order valence-electron chi connectivity index (χ0n) is 14.2. The summed E-state index contributed by atoms with van der Waals surface area (Å²) in [6, 6.07) is 4.04. The summed E-state index contributed by atoms with van der Waals surface area (Å²) >= 11 is 1.99. The Bertz CT molecular complexity index is 647. The van der Waals surface area contributed by atoms with Crippen LogP contribution in [0.2, 0.25) is 0 Å². The molecular weight excluding hydrogens is 406 g/mol. The zero-order chi connectivity index (χ0) is 17.0. The molecule has 2 aliphatic heterocycles. The molecule has 0 atom stereocenters. The van der Waals surface area contributed by atoms with Gasteiger partial charge >= 0.3 is 7.12 Å². The second-order valence-corrected chi connectivity index (χ2v) is 7.74. The van der Waals surface area contributed by atoms with E-state index in [0.717, 1.165) is 28.6 Å². The van der Waals surface area contributed by atoms with Crippen LogP contribution < -0.4 is 9.10 Å². The minimum atomic E-state index is -0.430. The summed E-state index contributed by atoms with van der Waals surface area (Å²) < 4.78 is 15.3. The maximum atomic E-state index is 12.6. The van der Waals surface area contributed by atoms with Crippen molar-refractivity contribution in [3.05, 3.63) is 28.8 Å². The van der Waals surface area contributed by atoms with Crippen LogP contribution in [0, 0.1) is 6.92 Å². The van der Waals surface area contributed by atoms with Crippen LogP contribution in [0.5, 0.6) is 0 Å². The fourth-order valence-corrected chi connectivity index (χ4v) is 3.51. The number of nitrogens with zero attached hydrogens (tertiary/aromatic N) is 1. The fourth-order valence-electron chi connectivity index (χ4n) is 3.05. The molecule has 0 bridgehead atoms. The van der Waals surface area contributed by atoms with Crippen LogP contribution in [0.1, 0.15) is 49.2 Å². The van der Waals surface area contributed by atoms with Crippen LogP contribution in [-0.4, -0.2) is 35.8 Å². The number of nitrogens with one attached hydrogen (secondary N) is 1. The monoisotopic (exact) mass is 428 g/mol. The highest BCUT2D eigenvalue weighted by atomic mass is 127. The highest BCUT2D eigenvalue weighted by Gasteiger charge is 2.52. The maximum Gasteiger partial charge on any atom is 0.495 e. The highest BCUT2D eigenvalue weighted by Crippen LogP contribution is 2.37. The van der Waals surface area contributed by atoms with Crippen LogP contribution in [0.15, 0.2) is 12.1 Å². The number of benzene rings is 1. The molecule has 1 fully saturated rings. The SMILES string of the molecule is Cc1cc(B2OC(C)(C)C(C)(C)O2)c2c(c1)C(=O)N(NI)CC2. The summed E-state index contributed by atoms with van der Waals surface area (Å²) in [6.07, 6.45) is 0.788. The summed E-state index contributed by atoms with van der Waals surface area (Å²) in [7, 11) is -0.430. The smallest absolute Gasteiger partial charge is 0.399 e. The van der Waals surface area contributed by atoms with E-state index in [4.69, 9.17) is 9.31 Å². The van der Waals surface area contributed by atoms with Gasteiger partial charge in [0.25, 0.3) is 5.91 Å². The Morgan fingerprint density at radius 2 is 1.83 bits per heavy atom. The Morgan fingerprint density at radius 1 is 1.22 bits per heavy atom. The van der Waals surface area contributed by atoms with Gasteiger partial charge in [-0.2, -0.15) is 3.64 Å². The summed E-state index contributed by atoms with van der Waals surface area (Å²) in [4.78, 5) is 12.6. The van der Waals surface area contributed by atoms with Gasteiger partial charge < -0.3 is 9.31 Å². The van der Waals surface area contributed by atoms with Crippen molar-refractivity contribution in [2.45, 2.75) is 52.2 Å². The number of carbonyl (C=O) groups excluding carboxylic acids is 1. The lowest BCUT2D eigenvalue weighted by atomic mass is 9.72. The number of amides is 1. The first kappa shape index (κ1) is 17.2. The summed E-state index contributed by atoms with van der Waals surface area (Å²) in [5.41, 5.74) is 3.04. The van der Waals surface area contributed by atoms with Gasteiger partial charge in [0.1, 0.15) is 0 Å². The molecule has 0 aromatic heterocycles. The lowest BCUT2D eigenvalue weighted by molar-refractivity contribution is 0.00578. The Kier molecular flexibility index (Phi) is 4.28. The lowest BCUT2D eigenvalue weighted by Crippen LogP contribution is -2.47. The minimum absolute atomic E-state index is 0.00196. The van der Waals surface area contributed by atoms with E-state index >= 15 is 0 Å².